The van der Waals surface area contributed by atoms with Crippen molar-refractivity contribution in [1.82, 2.24) is 10.0 Å². The van der Waals surface area contributed by atoms with Gasteiger partial charge in [-0.25, -0.2) is 13.1 Å². The third kappa shape index (κ3) is 8.80. The van der Waals surface area contributed by atoms with Crippen LogP contribution in [0.1, 0.15) is 20.8 Å². The summed E-state index contributed by atoms with van der Waals surface area (Å²) in [4.78, 5) is 0. The van der Waals surface area contributed by atoms with Gasteiger partial charge in [0.2, 0.25) is 10.0 Å². The highest BCUT2D eigenvalue weighted by molar-refractivity contribution is 7.89. The molecule has 0 aromatic heterocycles. The van der Waals surface area contributed by atoms with E-state index in [0.29, 0.717) is 19.2 Å². The molecule has 0 amide bonds. The maximum Gasteiger partial charge on any atom is 0.213 e. The Bertz CT molecular complexity index is 252. The molecule has 0 saturated heterocycles. The smallest absolute Gasteiger partial charge is 0.213 e. The molecule has 6 heteroatoms. The predicted octanol–water partition coefficient (Wildman–Crippen LogP) is -0.0613. The number of sulfonamides is 1. The fourth-order valence-corrected chi connectivity index (χ4v) is 2.32. The molecule has 0 rings (SSSR count). The zero-order valence-electron chi connectivity index (χ0n) is 9.91. The van der Waals surface area contributed by atoms with Gasteiger partial charge in [0.05, 0.1) is 12.4 Å². The van der Waals surface area contributed by atoms with Gasteiger partial charge in [0, 0.05) is 25.7 Å². The van der Waals surface area contributed by atoms with Gasteiger partial charge < -0.3 is 10.1 Å². The van der Waals surface area contributed by atoms with E-state index in [-0.39, 0.29) is 11.8 Å². The lowest BCUT2D eigenvalue weighted by Gasteiger charge is -2.14. The van der Waals surface area contributed by atoms with Gasteiger partial charge in [0.1, 0.15) is 0 Å². The van der Waals surface area contributed by atoms with Crippen LogP contribution >= 0.6 is 0 Å². The number of ether oxygens (including phenoxy) is 1. The molecule has 5 nitrogen and oxygen atoms in total. The van der Waals surface area contributed by atoms with Gasteiger partial charge in [-0.2, -0.15) is 0 Å². The standard InChI is InChI=1S/C9H22N2O3S/c1-8(2)10-5-6-15(12,13)11-9(3)7-14-4/h8-11H,5-7H2,1-4H3. The lowest BCUT2D eigenvalue weighted by atomic mass is 10.4. The second kappa shape index (κ2) is 7.16. The second-order valence-corrected chi connectivity index (χ2v) is 5.78. The van der Waals surface area contributed by atoms with Gasteiger partial charge >= 0.3 is 0 Å². The lowest BCUT2D eigenvalue weighted by Crippen LogP contribution is -2.40. The Hall–Kier alpha value is -0.170. The summed E-state index contributed by atoms with van der Waals surface area (Å²) in [5, 5.41) is 3.06. The molecule has 0 saturated carbocycles. The van der Waals surface area contributed by atoms with Crippen molar-refractivity contribution in [2.24, 2.45) is 0 Å². The molecule has 0 aliphatic heterocycles. The van der Waals surface area contributed by atoms with Gasteiger partial charge in [-0.1, -0.05) is 13.8 Å². The summed E-state index contributed by atoms with van der Waals surface area (Å²) in [6, 6.07) is 0.121. The molecule has 2 N–H and O–H groups in total. The van der Waals surface area contributed by atoms with Crippen LogP contribution in [0.25, 0.3) is 0 Å². The predicted molar refractivity (Wildman–Crippen MR) is 61.4 cm³/mol. The SMILES string of the molecule is COCC(C)NS(=O)(=O)CCNC(C)C. The minimum atomic E-state index is -3.19. The molecule has 1 unspecified atom stereocenters. The van der Waals surface area contributed by atoms with E-state index in [1.165, 1.54) is 0 Å². The first kappa shape index (κ1) is 14.8. The van der Waals surface area contributed by atoms with Crippen molar-refractivity contribution in [2.45, 2.75) is 32.9 Å². The van der Waals surface area contributed by atoms with Crippen molar-refractivity contribution in [1.29, 1.82) is 0 Å². The van der Waals surface area contributed by atoms with Crippen LogP contribution < -0.4 is 10.0 Å². The van der Waals surface area contributed by atoms with E-state index in [2.05, 4.69) is 10.0 Å². The highest BCUT2D eigenvalue weighted by Gasteiger charge is 2.13. The number of methoxy groups -OCH3 is 1. The van der Waals surface area contributed by atoms with Crippen LogP contribution in [0.15, 0.2) is 0 Å². The van der Waals surface area contributed by atoms with E-state index in [1.807, 2.05) is 13.8 Å². The van der Waals surface area contributed by atoms with Crippen LogP contribution in [0.4, 0.5) is 0 Å². The van der Waals surface area contributed by atoms with E-state index >= 15 is 0 Å². The third-order valence-electron chi connectivity index (χ3n) is 1.72. The Balaban J connectivity index is 3.87. The van der Waals surface area contributed by atoms with E-state index in [1.54, 1.807) is 14.0 Å². The monoisotopic (exact) mass is 238 g/mol. The molecule has 0 heterocycles. The summed E-state index contributed by atoms with van der Waals surface area (Å²) in [6.45, 7) is 6.58. The Morgan fingerprint density at radius 3 is 2.33 bits per heavy atom. The molecule has 0 fully saturated rings. The van der Waals surface area contributed by atoms with Crippen LogP contribution in [0.3, 0.4) is 0 Å². The summed E-state index contributed by atoms with van der Waals surface area (Å²) in [7, 11) is -1.64. The highest BCUT2D eigenvalue weighted by atomic mass is 32.2. The number of hydrogen-bond donors (Lipinski definition) is 2. The molecule has 0 aliphatic rings. The Labute approximate surface area is 92.6 Å². The zero-order valence-corrected chi connectivity index (χ0v) is 10.7. The van der Waals surface area contributed by atoms with Crippen molar-refractivity contribution < 1.29 is 13.2 Å². The van der Waals surface area contributed by atoms with Crippen molar-refractivity contribution >= 4 is 10.0 Å². The Morgan fingerprint density at radius 1 is 1.27 bits per heavy atom. The van der Waals surface area contributed by atoms with Gasteiger partial charge in [0.25, 0.3) is 0 Å². The first-order valence-electron chi connectivity index (χ1n) is 5.09. The molecule has 1 atom stereocenters. The summed E-state index contributed by atoms with van der Waals surface area (Å²) in [5.41, 5.74) is 0. The normalized spacial score (nSPS) is 14.5. The maximum atomic E-state index is 11.5. The summed E-state index contributed by atoms with van der Waals surface area (Å²) >= 11 is 0. The first-order chi connectivity index (χ1) is 6.87. The Morgan fingerprint density at radius 2 is 1.87 bits per heavy atom. The minimum Gasteiger partial charge on any atom is -0.383 e. The van der Waals surface area contributed by atoms with Crippen molar-refractivity contribution in [2.75, 3.05) is 26.0 Å². The molecular weight excluding hydrogens is 216 g/mol. The van der Waals surface area contributed by atoms with E-state index in [4.69, 9.17) is 4.74 Å². The molecule has 0 aromatic carbocycles. The van der Waals surface area contributed by atoms with Gasteiger partial charge in [0.15, 0.2) is 0 Å². The molecule has 0 radical (unpaired) electrons. The average molecular weight is 238 g/mol. The van der Waals surface area contributed by atoms with E-state index < -0.39 is 10.0 Å². The molecule has 0 aliphatic carbocycles. The maximum absolute atomic E-state index is 11.5. The van der Waals surface area contributed by atoms with E-state index in [9.17, 15) is 8.42 Å². The fraction of sp³-hybridized carbons (Fsp3) is 1.00. The summed E-state index contributed by atoms with van der Waals surface area (Å²) in [6.07, 6.45) is 0. The zero-order chi connectivity index (χ0) is 11.9. The van der Waals surface area contributed by atoms with Gasteiger partial charge in [-0.05, 0) is 6.92 Å². The fourth-order valence-electron chi connectivity index (χ4n) is 1.13. The van der Waals surface area contributed by atoms with Crippen molar-refractivity contribution in [3.05, 3.63) is 0 Å². The largest absolute Gasteiger partial charge is 0.383 e. The van der Waals surface area contributed by atoms with Crippen molar-refractivity contribution in [3.63, 3.8) is 0 Å². The van der Waals surface area contributed by atoms with Crippen LogP contribution in [-0.2, 0) is 14.8 Å². The van der Waals surface area contributed by atoms with Crippen LogP contribution in [0.2, 0.25) is 0 Å². The first-order valence-corrected chi connectivity index (χ1v) is 6.75. The van der Waals surface area contributed by atoms with E-state index in [0.717, 1.165) is 0 Å². The topological polar surface area (TPSA) is 67.4 Å². The van der Waals surface area contributed by atoms with Crippen LogP contribution in [0.5, 0.6) is 0 Å². The highest BCUT2D eigenvalue weighted by Crippen LogP contribution is 1.90. The number of nitrogens with one attached hydrogen (secondary N) is 2. The third-order valence-corrected chi connectivity index (χ3v) is 3.22. The summed E-state index contributed by atoms with van der Waals surface area (Å²) in [5.74, 6) is 0.0965. The quantitative estimate of drug-likeness (QED) is 0.621. The molecule has 92 valence electrons. The number of hydrogen-bond acceptors (Lipinski definition) is 4. The number of rotatable bonds is 8. The van der Waals surface area contributed by atoms with Gasteiger partial charge in [-0.3, -0.25) is 0 Å². The molecule has 0 bridgehead atoms. The second-order valence-electron chi connectivity index (χ2n) is 3.90. The summed E-state index contributed by atoms with van der Waals surface area (Å²) < 4.78 is 30.4. The molecule has 15 heavy (non-hydrogen) atoms. The lowest BCUT2D eigenvalue weighted by molar-refractivity contribution is 0.180. The van der Waals surface area contributed by atoms with Crippen LogP contribution in [0, 0.1) is 0 Å². The Kier molecular flexibility index (Phi) is 7.08. The molecular formula is C9H22N2O3S. The van der Waals surface area contributed by atoms with Crippen molar-refractivity contribution in [3.8, 4) is 0 Å². The van der Waals surface area contributed by atoms with Gasteiger partial charge in [-0.15, -0.1) is 0 Å². The molecule has 0 aromatic rings. The average Bonchev–Trinajstić information content (AvgIpc) is 2.01. The molecule has 0 spiro atoms. The van der Waals surface area contributed by atoms with Crippen LogP contribution in [-0.4, -0.2) is 46.5 Å². The minimum absolute atomic E-state index is 0.0965.